The van der Waals surface area contributed by atoms with Crippen LogP contribution in [0.25, 0.3) is 0 Å². The van der Waals surface area contributed by atoms with Crippen LogP contribution < -0.4 is 15.4 Å². The quantitative estimate of drug-likeness (QED) is 0.381. The summed E-state index contributed by atoms with van der Waals surface area (Å²) in [6.07, 6.45) is 3.92. The summed E-state index contributed by atoms with van der Waals surface area (Å²) in [6, 6.07) is 13.9. The van der Waals surface area contributed by atoms with E-state index in [0.717, 1.165) is 63.6 Å². The summed E-state index contributed by atoms with van der Waals surface area (Å²) in [6.45, 7) is 5.35. The standard InChI is InChI=1S/C22H29N3O2/c1-2-23-22(24-13-3-4-17-5-8-20(26)9-6-17)25-14-11-18-7-10-21-19(16-18)12-15-27-21/h5-10,16,26H,2-4,11-15H2,1H3,(H2,23,24,25). The zero-order chi connectivity index (χ0) is 18.9. The van der Waals surface area contributed by atoms with Crippen molar-refractivity contribution >= 4 is 5.96 Å². The van der Waals surface area contributed by atoms with Crippen LogP contribution >= 0.6 is 0 Å². The number of benzene rings is 2. The van der Waals surface area contributed by atoms with Gasteiger partial charge in [0.15, 0.2) is 5.96 Å². The van der Waals surface area contributed by atoms with Crippen LogP contribution in [0.3, 0.4) is 0 Å². The molecule has 0 saturated heterocycles. The molecule has 0 unspecified atom stereocenters. The molecule has 1 aliphatic heterocycles. The van der Waals surface area contributed by atoms with Crippen LogP contribution in [-0.2, 0) is 19.3 Å². The zero-order valence-electron chi connectivity index (χ0n) is 16.0. The normalized spacial score (nSPS) is 13.1. The number of phenolic OH excluding ortho intramolecular Hbond substituents is 1. The molecule has 0 fully saturated rings. The van der Waals surface area contributed by atoms with E-state index < -0.39 is 0 Å². The first kappa shape index (κ1) is 19.1. The van der Waals surface area contributed by atoms with Crippen molar-refractivity contribution in [2.24, 2.45) is 4.99 Å². The number of hydrogen-bond donors (Lipinski definition) is 3. The Balaban J connectivity index is 1.42. The number of rotatable bonds is 8. The van der Waals surface area contributed by atoms with Crippen molar-refractivity contribution in [1.82, 2.24) is 10.6 Å². The Morgan fingerprint density at radius 1 is 1.07 bits per heavy atom. The van der Waals surface area contributed by atoms with Gasteiger partial charge in [-0.2, -0.15) is 0 Å². The first-order chi connectivity index (χ1) is 13.2. The van der Waals surface area contributed by atoms with Gasteiger partial charge < -0.3 is 20.5 Å². The molecular formula is C22H29N3O2. The van der Waals surface area contributed by atoms with E-state index in [0.29, 0.717) is 5.75 Å². The summed E-state index contributed by atoms with van der Waals surface area (Å²) in [7, 11) is 0. The second-order valence-electron chi connectivity index (χ2n) is 6.75. The number of aromatic hydroxyl groups is 1. The molecule has 0 spiro atoms. The minimum atomic E-state index is 0.311. The molecule has 5 heteroatoms. The molecule has 2 aromatic rings. The molecule has 0 radical (unpaired) electrons. The van der Waals surface area contributed by atoms with Gasteiger partial charge in [-0.25, -0.2) is 0 Å². The third kappa shape index (κ3) is 5.91. The van der Waals surface area contributed by atoms with Crippen LogP contribution in [0.2, 0.25) is 0 Å². The van der Waals surface area contributed by atoms with Crippen molar-refractivity contribution < 1.29 is 9.84 Å². The fourth-order valence-corrected chi connectivity index (χ4v) is 3.20. The summed E-state index contributed by atoms with van der Waals surface area (Å²) < 4.78 is 5.56. The van der Waals surface area contributed by atoms with Crippen molar-refractivity contribution in [3.63, 3.8) is 0 Å². The van der Waals surface area contributed by atoms with E-state index in [9.17, 15) is 5.11 Å². The fourth-order valence-electron chi connectivity index (χ4n) is 3.20. The predicted molar refractivity (Wildman–Crippen MR) is 110 cm³/mol. The Morgan fingerprint density at radius 2 is 1.89 bits per heavy atom. The van der Waals surface area contributed by atoms with Crippen LogP contribution in [0.15, 0.2) is 47.5 Å². The molecule has 3 rings (SSSR count). The SMILES string of the molecule is CCNC(=NCCCc1ccc(O)cc1)NCCc1ccc2c(c1)CCO2. The largest absolute Gasteiger partial charge is 0.508 e. The summed E-state index contributed by atoms with van der Waals surface area (Å²) in [5, 5.41) is 16.0. The number of aliphatic imine (C=N–C) groups is 1. The minimum Gasteiger partial charge on any atom is -0.508 e. The minimum absolute atomic E-state index is 0.311. The van der Waals surface area contributed by atoms with Crippen molar-refractivity contribution in [3.8, 4) is 11.5 Å². The van der Waals surface area contributed by atoms with Gasteiger partial charge >= 0.3 is 0 Å². The van der Waals surface area contributed by atoms with Gasteiger partial charge in [0, 0.05) is 26.1 Å². The highest BCUT2D eigenvalue weighted by atomic mass is 16.5. The Kier molecular flexibility index (Phi) is 6.97. The van der Waals surface area contributed by atoms with Crippen molar-refractivity contribution in [2.75, 3.05) is 26.2 Å². The van der Waals surface area contributed by atoms with Gasteiger partial charge in [0.25, 0.3) is 0 Å². The number of ether oxygens (including phenoxy) is 1. The van der Waals surface area contributed by atoms with E-state index >= 15 is 0 Å². The lowest BCUT2D eigenvalue weighted by Gasteiger charge is -2.12. The van der Waals surface area contributed by atoms with E-state index in [2.05, 4.69) is 40.7 Å². The lowest BCUT2D eigenvalue weighted by molar-refractivity contribution is 0.357. The van der Waals surface area contributed by atoms with Gasteiger partial charge in [-0.15, -0.1) is 0 Å². The number of aryl methyl sites for hydroxylation is 1. The zero-order valence-corrected chi connectivity index (χ0v) is 16.0. The number of phenols is 1. The lowest BCUT2D eigenvalue weighted by atomic mass is 10.1. The molecule has 144 valence electrons. The van der Waals surface area contributed by atoms with Crippen molar-refractivity contribution in [1.29, 1.82) is 0 Å². The summed E-state index contributed by atoms with van der Waals surface area (Å²) in [5.74, 6) is 2.22. The maximum Gasteiger partial charge on any atom is 0.191 e. The van der Waals surface area contributed by atoms with E-state index in [1.54, 1.807) is 12.1 Å². The van der Waals surface area contributed by atoms with Crippen molar-refractivity contribution in [3.05, 3.63) is 59.2 Å². The molecular weight excluding hydrogens is 338 g/mol. The van der Waals surface area contributed by atoms with Crippen molar-refractivity contribution in [2.45, 2.75) is 32.6 Å². The van der Waals surface area contributed by atoms with Gasteiger partial charge in [0.05, 0.1) is 6.61 Å². The monoisotopic (exact) mass is 367 g/mol. The second kappa shape index (κ2) is 9.86. The molecule has 1 aliphatic rings. The number of hydrogen-bond acceptors (Lipinski definition) is 3. The highest BCUT2D eigenvalue weighted by Gasteiger charge is 2.11. The molecule has 0 aliphatic carbocycles. The van der Waals surface area contributed by atoms with Crippen LogP contribution in [0.1, 0.15) is 30.0 Å². The Bertz CT molecular complexity index is 757. The second-order valence-corrected chi connectivity index (χ2v) is 6.75. The number of guanidine groups is 1. The molecule has 0 bridgehead atoms. The molecule has 3 N–H and O–H groups in total. The highest BCUT2D eigenvalue weighted by Crippen LogP contribution is 2.25. The van der Waals surface area contributed by atoms with Crippen LogP contribution in [0.4, 0.5) is 0 Å². The molecule has 27 heavy (non-hydrogen) atoms. The van der Waals surface area contributed by atoms with Crippen LogP contribution in [0, 0.1) is 0 Å². The average Bonchev–Trinajstić information content (AvgIpc) is 3.14. The molecule has 5 nitrogen and oxygen atoms in total. The number of nitrogens with one attached hydrogen (secondary N) is 2. The molecule has 0 saturated carbocycles. The van der Waals surface area contributed by atoms with E-state index in [1.807, 2.05) is 12.1 Å². The Labute approximate surface area is 161 Å². The molecule has 0 amide bonds. The summed E-state index contributed by atoms with van der Waals surface area (Å²) in [4.78, 5) is 4.66. The summed E-state index contributed by atoms with van der Waals surface area (Å²) in [5.41, 5.74) is 3.87. The number of nitrogens with zero attached hydrogens (tertiary/aromatic N) is 1. The van der Waals surface area contributed by atoms with Gasteiger partial charge in [-0.1, -0.05) is 24.3 Å². The molecule has 2 aromatic carbocycles. The molecule has 0 atom stereocenters. The van der Waals surface area contributed by atoms with Gasteiger partial charge in [0.2, 0.25) is 0 Å². The van der Waals surface area contributed by atoms with E-state index in [-0.39, 0.29) is 0 Å². The fraction of sp³-hybridized carbons (Fsp3) is 0.409. The topological polar surface area (TPSA) is 65.9 Å². The average molecular weight is 367 g/mol. The maximum absolute atomic E-state index is 9.33. The first-order valence-electron chi connectivity index (χ1n) is 9.79. The Hall–Kier alpha value is -2.69. The predicted octanol–water partition coefficient (Wildman–Crippen LogP) is 3.06. The van der Waals surface area contributed by atoms with Gasteiger partial charge in [-0.3, -0.25) is 4.99 Å². The Morgan fingerprint density at radius 3 is 2.70 bits per heavy atom. The van der Waals surface area contributed by atoms with Gasteiger partial charge in [0.1, 0.15) is 11.5 Å². The van der Waals surface area contributed by atoms with Gasteiger partial charge in [-0.05, 0) is 61.1 Å². The molecule has 1 heterocycles. The van der Waals surface area contributed by atoms with E-state index in [1.165, 1.54) is 16.7 Å². The number of fused-ring (bicyclic) bond motifs is 1. The highest BCUT2D eigenvalue weighted by molar-refractivity contribution is 5.79. The summed E-state index contributed by atoms with van der Waals surface area (Å²) >= 11 is 0. The van der Waals surface area contributed by atoms with Crippen LogP contribution in [0.5, 0.6) is 11.5 Å². The third-order valence-corrected chi connectivity index (χ3v) is 4.63. The third-order valence-electron chi connectivity index (χ3n) is 4.63. The lowest BCUT2D eigenvalue weighted by Crippen LogP contribution is -2.38. The van der Waals surface area contributed by atoms with Crippen LogP contribution in [-0.4, -0.2) is 37.3 Å². The van der Waals surface area contributed by atoms with E-state index in [4.69, 9.17) is 4.74 Å². The smallest absolute Gasteiger partial charge is 0.191 e. The molecule has 0 aromatic heterocycles. The first-order valence-corrected chi connectivity index (χ1v) is 9.79. The maximum atomic E-state index is 9.33.